The van der Waals surface area contributed by atoms with Crippen LogP contribution in [0.1, 0.15) is 146 Å². The highest BCUT2D eigenvalue weighted by atomic mass is 16.3. The molecule has 4 aliphatic carbocycles. The van der Waals surface area contributed by atoms with E-state index < -0.39 is 0 Å². The fraction of sp³-hybridized carbons (Fsp3) is 0.939. The van der Waals surface area contributed by atoms with Crippen molar-refractivity contribution in [3.63, 3.8) is 0 Å². The van der Waals surface area contributed by atoms with E-state index in [0.29, 0.717) is 17.3 Å². The van der Waals surface area contributed by atoms with Crippen LogP contribution in [0.4, 0.5) is 0 Å². The Morgan fingerprint density at radius 3 is 2.24 bits per heavy atom. The minimum atomic E-state index is -0.115. The molecule has 0 radical (unpaired) electrons. The molecular formula is C33H64O. The summed E-state index contributed by atoms with van der Waals surface area (Å²) in [5.41, 5.74) is 2.47. The van der Waals surface area contributed by atoms with E-state index in [9.17, 15) is 5.11 Å². The summed E-state index contributed by atoms with van der Waals surface area (Å²) in [4.78, 5) is 0. The molecule has 0 aromatic carbocycles. The van der Waals surface area contributed by atoms with Crippen molar-refractivity contribution in [3.8, 4) is 0 Å². The summed E-state index contributed by atoms with van der Waals surface area (Å²) in [6.45, 7) is 21.3. The highest BCUT2D eigenvalue weighted by molar-refractivity contribution is 5.18. The van der Waals surface area contributed by atoms with Crippen molar-refractivity contribution < 1.29 is 5.11 Å². The van der Waals surface area contributed by atoms with Crippen LogP contribution < -0.4 is 0 Å². The average Bonchev–Trinajstić information content (AvgIpc) is 3.22. The first-order chi connectivity index (χ1) is 16.4. The zero-order valence-electron chi connectivity index (χ0n) is 25.1. The third-order valence-electron chi connectivity index (χ3n) is 9.99. The van der Waals surface area contributed by atoms with Gasteiger partial charge in [-0.25, -0.2) is 0 Å². The molecule has 0 aromatic rings. The highest BCUT2D eigenvalue weighted by Gasteiger charge is 2.55. The number of allylic oxidation sites excluding steroid dienone is 2. The van der Waals surface area contributed by atoms with Crippen LogP contribution in [0.15, 0.2) is 11.6 Å². The molecule has 1 nitrogen and oxygen atoms in total. The maximum atomic E-state index is 10.2. The fourth-order valence-electron chi connectivity index (χ4n) is 8.12. The van der Waals surface area contributed by atoms with Gasteiger partial charge in [-0.2, -0.15) is 0 Å². The second-order valence-electron chi connectivity index (χ2n) is 11.8. The van der Waals surface area contributed by atoms with E-state index in [1.165, 1.54) is 70.6 Å². The third-order valence-corrected chi connectivity index (χ3v) is 9.99. The van der Waals surface area contributed by atoms with Crippen molar-refractivity contribution in [3.05, 3.63) is 11.6 Å². The lowest BCUT2D eigenvalue weighted by molar-refractivity contribution is -0.0152. The van der Waals surface area contributed by atoms with Gasteiger partial charge < -0.3 is 5.11 Å². The van der Waals surface area contributed by atoms with Gasteiger partial charge in [-0.3, -0.25) is 0 Å². The molecule has 0 heterocycles. The number of hydrogen-bond acceptors (Lipinski definition) is 1. The van der Waals surface area contributed by atoms with Gasteiger partial charge in [0.15, 0.2) is 0 Å². The maximum absolute atomic E-state index is 10.2. The van der Waals surface area contributed by atoms with Gasteiger partial charge in [-0.15, -0.1) is 0 Å². The molecule has 3 fully saturated rings. The molecule has 0 aliphatic heterocycles. The van der Waals surface area contributed by atoms with Crippen LogP contribution in [0, 0.1) is 46.8 Å². The van der Waals surface area contributed by atoms with E-state index in [4.69, 9.17) is 0 Å². The maximum Gasteiger partial charge on any atom is 0.0565 e. The van der Waals surface area contributed by atoms with E-state index >= 15 is 0 Å². The van der Waals surface area contributed by atoms with E-state index in [0.717, 1.165) is 36.0 Å². The minimum absolute atomic E-state index is 0.115. The molecule has 0 saturated heterocycles. The van der Waals surface area contributed by atoms with Crippen molar-refractivity contribution >= 4 is 0 Å². The molecular weight excluding hydrogens is 412 g/mol. The molecule has 4 rings (SSSR count). The van der Waals surface area contributed by atoms with Gasteiger partial charge >= 0.3 is 0 Å². The molecule has 0 amide bonds. The van der Waals surface area contributed by atoms with Gasteiger partial charge in [-0.1, -0.05) is 93.7 Å². The Morgan fingerprint density at radius 2 is 1.59 bits per heavy atom. The molecule has 34 heavy (non-hydrogen) atoms. The van der Waals surface area contributed by atoms with Crippen LogP contribution in [0.25, 0.3) is 0 Å². The molecule has 0 spiro atoms. The molecule has 8 atom stereocenters. The summed E-state index contributed by atoms with van der Waals surface area (Å²) in [5.74, 6) is 5.98. The first kappa shape index (κ1) is 31.7. The lowest BCUT2D eigenvalue weighted by atomic mass is 9.51. The topological polar surface area (TPSA) is 20.2 Å². The fourth-order valence-corrected chi connectivity index (χ4v) is 8.12. The lowest BCUT2D eigenvalue weighted by Gasteiger charge is -2.53. The first-order valence-corrected chi connectivity index (χ1v) is 15.8. The van der Waals surface area contributed by atoms with Crippen molar-refractivity contribution in [1.29, 1.82) is 0 Å². The van der Waals surface area contributed by atoms with Crippen molar-refractivity contribution in [1.82, 2.24) is 0 Å². The van der Waals surface area contributed by atoms with Crippen molar-refractivity contribution in [2.24, 2.45) is 46.8 Å². The van der Waals surface area contributed by atoms with Crippen LogP contribution in [-0.2, 0) is 0 Å². The molecule has 8 unspecified atom stereocenters. The predicted molar refractivity (Wildman–Crippen MR) is 153 cm³/mol. The predicted octanol–water partition coefficient (Wildman–Crippen LogP) is 10.5. The van der Waals surface area contributed by atoms with E-state index in [-0.39, 0.29) is 6.10 Å². The Labute approximate surface area is 216 Å². The Balaban J connectivity index is 0.000000894. The molecule has 1 heteroatoms. The third kappa shape index (κ3) is 7.36. The number of aliphatic hydroxyl groups excluding tert-OH is 1. The Kier molecular flexibility index (Phi) is 14.7. The quantitative estimate of drug-likeness (QED) is 0.378. The second kappa shape index (κ2) is 15.7. The lowest BCUT2D eigenvalue weighted by Crippen LogP contribution is -2.45. The minimum Gasteiger partial charge on any atom is -0.393 e. The molecule has 1 N–H and O–H groups in total. The van der Waals surface area contributed by atoms with Gasteiger partial charge in [0.05, 0.1) is 6.10 Å². The molecule has 4 aliphatic rings. The zero-order valence-corrected chi connectivity index (χ0v) is 25.1. The van der Waals surface area contributed by atoms with Crippen LogP contribution in [0.3, 0.4) is 0 Å². The summed E-state index contributed by atoms with van der Waals surface area (Å²) < 4.78 is 0. The smallest absolute Gasteiger partial charge is 0.0565 e. The normalized spacial score (nSPS) is 35.4. The van der Waals surface area contributed by atoms with Crippen LogP contribution in [0.2, 0.25) is 0 Å². The Hall–Kier alpha value is -0.300. The van der Waals surface area contributed by atoms with Crippen LogP contribution >= 0.6 is 0 Å². The largest absolute Gasteiger partial charge is 0.393 e. The average molecular weight is 477 g/mol. The summed E-state index contributed by atoms with van der Waals surface area (Å²) in [7, 11) is 0. The highest BCUT2D eigenvalue weighted by Crippen LogP contribution is 2.64. The van der Waals surface area contributed by atoms with Crippen LogP contribution in [0.5, 0.6) is 0 Å². The van der Waals surface area contributed by atoms with E-state index in [1.54, 1.807) is 0 Å². The van der Waals surface area contributed by atoms with Gasteiger partial charge in [-0.05, 0) is 111 Å². The van der Waals surface area contributed by atoms with Crippen LogP contribution in [-0.4, -0.2) is 11.2 Å². The Morgan fingerprint density at radius 1 is 0.912 bits per heavy atom. The standard InChI is InChI=1S/C27H46O.3C2H6/c1-18(2)26(28)17-19(3)9-11-21-12-14-25-24-13-10-20-7-5-6-8-22(20)23(24)15-16-27(21,25)4;3*1-2/h10,18-19,21-26,28H,5-9,11-17H2,1-4H3;3*1-2H3. The van der Waals surface area contributed by atoms with Crippen molar-refractivity contribution in [2.75, 3.05) is 0 Å². The monoisotopic (exact) mass is 476 g/mol. The Bertz CT molecular complexity index is 563. The summed E-state index contributed by atoms with van der Waals surface area (Å²) >= 11 is 0. The molecule has 202 valence electrons. The molecule has 0 aromatic heterocycles. The summed E-state index contributed by atoms with van der Waals surface area (Å²) in [6.07, 6.45) is 19.5. The second-order valence-corrected chi connectivity index (χ2v) is 11.8. The van der Waals surface area contributed by atoms with Crippen molar-refractivity contribution in [2.45, 2.75) is 152 Å². The van der Waals surface area contributed by atoms with Gasteiger partial charge in [0.1, 0.15) is 0 Å². The van der Waals surface area contributed by atoms with Gasteiger partial charge in [0.25, 0.3) is 0 Å². The molecule has 3 saturated carbocycles. The summed E-state index contributed by atoms with van der Waals surface area (Å²) in [6, 6.07) is 0. The van der Waals surface area contributed by atoms with Gasteiger partial charge in [0, 0.05) is 0 Å². The number of rotatable bonds is 6. The molecule has 0 bridgehead atoms. The first-order valence-electron chi connectivity index (χ1n) is 15.8. The van der Waals surface area contributed by atoms with E-state index in [1.807, 2.05) is 47.1 Å². The number of hydrogen-bond donors (Lipinski definition) is 1. The SMILES string of the molecule is CC.CC.CC.CC(CCC1CCC2C3CC=C4CCCCC4C3CCC12C)CC(O)C(C)C. The summed E-state index contributed by atoms with van der Waals surface area (Å²) in [5, 5.41) is 10.2. The number of fused-ring (bicyclic) bond motifs is 5. The van der Waals surface area contributed by atoms with E-state index in [2.05, 4.69) is 33.8 Å². The van der Waals surface area contributed by atoms with Gasteiger partial charge in [0.2, 0.25) is 0 Å². The zero-order chi connectivity index (χ0) is 25.9. The number of aliphatic hydroxyl groups is 1.